The molecule has 3 N–H and O–H groups in total. The van der Waals surface area contributed by atoms with Crippen molar-refractivity contribution in [2.75, 3.05) is 26.3 Å². The van der Waals surface area contributed by atoms with Gasteiger partial charge in [-0.3, -0.25) is 14.6 Å². The lowest BCUT2D eigenvalue weighted by Gasteiger charge is -2.08. The van der Waals surface area contributed by atoms with Crippen LogP contribution in [0.5, 0.6) is 0 Å². The van der Waals surface area contributed by atoms with Gasteiger partial charge >= 0.3 is 0 Å². The van der Waals surface area contributed by atoms with Gasteiger partial charge in [0.05, 0.1) is 19.8 Å². The number of benzene rings is 1. The molecular weight excluding hydrogens is 341 g/mol. The summed E-state index contributed by atoms with van der Waals surface area (Å²) in [4.78, 5) is 27.8. The molecule has 2 aromatic rings. The number of pyridine rings is 1. The van der Waals surface area contributed by atoms with Crippen molar-refractivity contribution in [2.45, 2.75) is 6.61 Å². The Labute approximate surface area is 150 Å². The third kappa shape index (κ3) is 6.23. The monoisotopic (exact) mass is 361 g/mol. The summed E-state index contributed by atoms with van der Waals surface area (Å²) in [5.74, 6) is -1.12. The van der Waals surface area contributed by atoms with E-state index in [1.807, 2.05) is 0 Å². The summed E-state index contributed by atoms with van der Waals surface area (Å²) in [6.45, 7) is 0.833. The summed E-state index contributed by atoms with van der Waals surface area (Å²) in [7, 11) is 0. The van der Waals surface area contributed by atoms with Crippen LogP contribution in [-0.4, -0.2) is 48.2 Å². The fraction of sp³-hybridized carbons (Fsp3) is 0.278. The summed E-state index contributed by atoms with van der Waals surface area (Å²) in [5.41, 5.74) is 1.23. The number of hydrogen-bond donors (Lipinski definition) is 3. The highest BCUT2D eigenvalue weighted by molar-refractivity contribution is 5.98. The van der Waals surface area contributed by atoms with Crippen molar-refractivity contribution in [1.82, 2.24) is 15.6 Å². The Kier molecular flexibility index (Phi) is 7.66. The second-order valence-electron chi connectivity index (χ2n) is 5.34. The third-order valence-corrected chi connectivity index (χ3v) is 3.37. The van der Waals surface area contributed by atoms with E-state index in [1.54, 1.807) is 12.1 Å². The lowest BCUT2D eigenvalue weighted by molar-refractivity contribution is 0.0900. The largest absolute Gasteiger partial charge is 0.395 e. The maximum Gasteiger partial charge on any atom is 0.269 e. The Morgan fingerprint density at radius 2 is 1.81 bits per heavy atom. The van der Waals surface area contributed by atoms with Crippen molar-refractivity contribution in [3.63, 3.8) is 0 Å². The standard InChI is InChI=1S/C18H20FN3O4/c19-15-3-1-13(2-4-15)12-26-10-8-22-17(24)14-5-6-20-16(11-14)18(25)21-7-9-23/h1-6,11,23H,7-10,12H2,(H,21,25)(H,22,24). The second-order valence-corrected chi connectivity index (χ2v) is 5.34. The first kappa shape index (κ1) is 19.5. The molecule has 0 radical (unpaired) electrons. The van der Waals surface area contributed by atoms with Gasteiger partial charge in [-0.15, -0.1) is 0 Å². The number of rotatable bonds is 9. The number of carbonyl (C=O) groups excluding carboxylic acids is 2. The molecule has 0 saturated carbocycles. The maximum absolute atomic E-state index is 12.8. The molecule has 0 saturated heterocycles. The molecule has 1 aromatic carbocycles. The van der Waals surface area contributed by atoms with Crippen LogP contribution in [0.1, 0.15) is 26.4 Å². The molecule has 1 heterocycles. The van der Waals surface area contributed by atoms with Gasteiger partial charge in [-0.1, -0.05) is 12.1 Å². The summed E-state index contributed by atoms with van der Waals surface area (Å²) in [6.07, 6.45) is 1.37. The van der Waals surface area contributed by atoms with Gasteiger partial charge in [0.2, 0.25) is 0 Å². The molecule has 0 aliphatic heterocycles. The van der Waals surface area contributed by atoms with Gasteiger partial charge in [-0.05, 0) is 29.8 Å². The molecule has 138 valence electrons. The molecule has 0 fully saturated rings. The Balaban J connectivity index is 1.75. The van der Waals surface area contributed by atoms with E-state index in [9.17, 15) is 14.0 Å². The van der Waals surface area contributed by atoms with Crippen molar-refractivity contribution in [2.24, 2.45) is 0 Å². The number of carbonyl (C=O) groups is 2. The van der Waals surface area contributed by atoms with Crippen LogP contribution in [0.15, 0.2) is 42.6 Å². The third-order valence-electron chi connectivity index (χ3n) is 3.37. The number of hydrogen-bond acceptors (Lipinski definition) is 5. The first-order valence-corrected chi connectivity index (χ1v) is 8.05. The van der Waals surface area contributed by atoms with E-state index in [-0.39, 0.29) is 43.7 Å². The van der Waals surface area contributed by atoms with E-state index >= 15 is 0 Å². The SMILES string of the molecule is O=C(NCCOCc1ccc(F)cc1)c1ccnc(C(=O)NCCO)c1. The summed E-state index contributed by atoms with van der Waals surface area (Å²) in [5, 5.41) is 13.9. The maximum atomic E-state index is 12.8. The summed E-state index contributed by atoms with van der Waals surface area (Å²) < 4.78 is 18.2. The predicted octanol–water partition coefficient (Wildman–Crippen LogP) is 0.889. The highest BCUT2D eigenvalue weighted by atomic mass is 19.1. The van der Waals surface area contributed by atoms with Crippen LogP contribution in [0.3, 0.4) is 0 Å². The minimum atomic E-state index is -0.462. The zero-order valence-corrected chi connectivity index (χ0v) is 14.1. The van der Waals surface area contributed by atoms with Crippen molar-refractivity contribution in [3.8, 4) is 0 Å². The Morgan fingerprint density at radius 3 is 2.54 bits per heavy atom. The quantitative estimate of drug-likeness (QED) is 0.576. The van der Waals surface area contributed by atoms with Gasteiger partial charge in [0.1, 0.15) is 11.5 Å². The van der Waals surface area contributed by atoms with Crippen molar-refractivity contribution in [1.29, 1.82) is 0 Å². The number of nitrogens with zero attached hydrogens (tertiary/aromatic N) is 1. The van der Waals surface area contributed by atoms with Crippen LogP contribution in [0.2, 0.25) is 0 Å². The normalized spacial score (nSPS) is 10.4. The molecule has 1 aromatic heterocycles. The smallest absolute Gasteiger partial charge is 0.269 e. The number of aliphatic hydroxyl groups is 1. The first-order chi connectivity index (χ1) is 12.6. The zero-order valence-electron chi connectivity index (χ0n) is 14.1. The molecule has 0 bridgehead atoms. The molecule has 0 unspecified atom stereocenters. The molecule has 2 amide bonds. The summed E-state index contributed by atoms with van der Waals surface area (Å²) in [6, 6.07) is 8.86. The average Bonchev–Trinajstić information content (AvgIpc) is 2.67. The molecular formula is C18H20FN3O4. The van der Waals surface area contributed by atoms with Crippen LogP contribution in [0.4, 0.5) is 4.39 Å². The van der Waals surface area contributed by atoms with E-state index in [0.29, 0.717) is 12.2 Å². The van der Waals surface area contributed by atoms with Gasteiger partial charge in [0.15, 0.2) is 0 Å². The molecule has 0 aliphatic carbocycles. The molecule has 0 spiro atoms. The lowest BCUT2D eigenvalue weighted by atomic mass is 10.2. The average molecular weight is 361 g/mol. The molecule has 7 nitrogen and oxygen atoms in total. The fourth-order valence-electron chi connectivity index (χ4n) is 2.07. The predicted molar refractivity (Wildman–Crippen MR) is 92.0 cm³/mol. The van der Waals surface area contributed by atoms with Crippen LogP contribution in [0.25, 0.3) is 0 Å². The fourth-order valence-corrected chi connectivity index (χ4v) is 2.07. The molecule has 2 rings (SSSR count). The van der Waals surface area contributed by atoms with Gasteiger partial charge < -0.3 is 20.5 Å². The lowest BCUT2D eigenvalue weighted by Crippen LogP contribution is -2.29. The number of halogens is 1. The topological polar surface area (TPSA) is 101 Å². The van der Waals surface area contributed by atoms with Crippen LogP contribution >= 0.6 is 0 Å². The number of ether oxygens (including phenoxy) is 1. The highest BCUT2D eigenvalue weighted by Gasteiger charge is 2.11. The van der Waals surface area contributed by atoms with E-state index < -0.39 is 5.91 Å². The zero-order chi connectivity index (χ0) is 18.8. The number of amides is 2. The van der Waals surface area contributed by atoms with Crippen LogP contribution in [0, 0.1) is 5.82 Å². The first-order valence-electron chi connectivity index (χ1n) is 8.05. The van der Waals surface area contributed by atoms with E-state index in [2.05, 4.69) is 15.6 Å². The van der Waals surface area contributed by atoms with Gasteiger partial charge in [0.25, 0.3) is 11.8 Å². The van der Waals surface area contributed by atoms with Crippen LogP contribution in [-0.2, 0) is 11.3 Å². The van der Waals surface area contributed by atoms with E-state index in [4.69, 9.17) is 9.84 Å². The molecule has 26 heavy (non-hydrogen) atoms. The molecule has 0 atom stereocenters. The number of nitrogens with one attached hydrogen (secondary N) is 2. The number of aromatic nitrogens is 1. The Hall–Kier alpha value is -2.84. The highest BCUT2D eigenvalue weighted by Crippen LogP contribution is 2.04. The van der Waals surface area contributed by atoms with E-state index in [0.717, 1.165) is 5.56 Å². The second kappa shape index (κ2) is 10.2. The van der Waals surface area contributed by atoms with E-state index in [1.165, 1.54) is 30.5 Å². The minimum Gasteiger partial charge on any atom is -0.395 e. The van der Waals surface area contributed by atoms with Crippen molar-refractivity contribution < 1.29 is 23.8 Å². The van der Waals surface area contributed by atoms with Crippen LogP contribution < -0.4 is 10.6 Å². The molecule has 8 heteroatoms. The summed E-state index contributed by atoms with van der Waals surface area (Å²) >= 11 is 0. The Bertz CT molecular complexity index is 737. The van der Waals surface area contributed by atoms with Gasteiger partial charge in [-0.25, -0.2) is 4.39 Å². The minimum absolute atomic E-state index is 0.0960. The van der Waals surface area contributed by atoms with Crippen molar-refractivity contribution in [3.05, 3.63) is 65.2 Å². The van der Waals surface area contributed by atoms with Gasteiger partial charge in [-0.2, -0.15) is 0 Å². The molecule has 0 aliphatic rings. The number of aliphatic hydroxyl groups excluding tert-OH is 1. The van der Waals surface area contributed by atoms with Gasteiger partial charge in [0, 0.05) is 24.8 Å². The van der Waals surface area contributed by atoms with Crippen molar-refractivity contribution >= 4 is 11.8 Å². The Morgan fingerprint density at radius 1 is 1.08 bits per heavy atom.